The molecule has 0 bridgehead atoms. The van der Waals surface area contributed by atoms with Crippen molar-refractivity contribution < 1.29 is 4.79 Å². The summed E-state index contributed by atoms with van der Waals surface area (Å²) in [5.41, 5.74) is 6.47. The first-order valence-electron chi connectivity index (χ1n) is 12.2. The lowest BCUT2D eigenvalue weighted by atomic mass is 10.0. The highest BCUT2D eigenvalue weighted by Crippen LogP contribution is 2.38. The molecule has 0 fully saturated rings. The van der Waals surface area contributed by atoms with Gasteiger partial charge in [-0.15, -0.1) is 0 Å². The fraction of sp³-hybridized carbons (Fsp3) is 0.133. The van der Waals surface area contributed by atoms with Crippen LogP contribution in [0.1, 0.15) is 34.1 Å². The number of carbonyl (C=O) groups is 1. The number of halogens is 1. The number of benzene rings is 3. The van der Waals surface area contributed by atoms with Gasteiger partial charge in [-0.05, 0) is 61.4 Å². The van der Waals surface area contributed by atoms with Crippen molar-refractivity contribution in [1.29, 1.82) is 0 Å². The van der Waals surface area contributed by atoms with E-state index in [0.29, 0.717) is 17.3 Å². The average Bonchev–Trinajstić information content (AvgIpc) is 3.47. The number of carbonyl (C=O) groups excluding carboxylic acids is 1. The van der Waals surface area contributed by atoms with Gasteiger partial charge in [-0.2, -0.15) is 5.10 Å². The maximum Gasteiger partial charge on any atom is 0.322 e. The van der Waals surface area contributed by atoms with Crippen molar-refractivity contribution in [3.05, 3.63) is 130 Å². The smallest absolute Gasteiger partial charge is 0.308 e. The summed E-state index contributed by atoms with van der Waals surface area (Å²) < 4.78 is 4.13. The van der Waals surface area contributed by atoms with Crippen LogP contribution in [-0.4, -0.2) is 25.3 Å². The van der Waals surface area contributed by atoms with Gasteiger partial charge in [0, 0.05) is 22.5 Å². The first-order chi connectivity index (χ1) is 18.0. The van der Waals surface area contributed by atoms with E-state index in [9.17, 15) is 4.79 Å². The molecule has 7 heteroatoms. The molecule has 0 aliphatic carbocycles. The van der Waals surface area contributed by atoms with E-state index < -0.39 is 0 Å². The quantitative estimate of drug-likeness (QED) is 0.284. The SMILES string of the molecule is Cc1ccc(NC(=O)N2Cc3c(C)nn(-c4ccccc4)c3-n3cccc3C2c2ccccc2)cc1Cl. The van der Waals surface area contributed by atoms with Gasteiger partial charge < -0.3 is 14.8 Å². The molecule has 0 spiro atoms. The first kappa shape index (κ1) is 23.1. The summed E-state index contributed by atoms with van der Waals surface area (Å²) >= 11 is 6.36. The molecule has 0 saturated heterocycles. The molecule has 1 atom stereocenters. The van der Waals surface area contributed by atoms with Crippen molar-refractivity contribution >= 4 is 23.3 Å². The van der Waals surface area contributed by atoms with Crippen LogP contribution in [0.5, 0.6) is 0 Å². The third-order valence-electron chi connectivity index (χ3n) is 6.89. The Kier molecular flexibility index (Phi) is 5.81. The van der Waals surface area contributed by atoms with Gasteiger partial charge in [0.1, 0.15) is 5.82 Å². The highest BCUT2D eigenvalue weighted by molar-refractivity contribution is 6.31. The summed E-state index contributed by atoms with van der Waals surface area (Å²) in [7, 11) is 0. The molecule has 0 radical (unpaired) electrons. The van der Waals surface area contributed by atoms with E-state index in [1.807, 2.05) is 96.4 Å². The number of nitrogens with zero attached hydrogens (tertiary/aromatic N) is 4. The second-order valence-corrected chi connectivity index (χ2v) is 9.68. The highest BCUT2D eigenvalue weighted by atomic mass is 35.5. The van der Waals surface area contributed by atoms with Gasteiger partial charge >= 0.3 is 6.03 Å². The molecule has 3 aromatic carbocycles. The van der Waals surface area contributed by atoms with Crippen LogP contribution < -0.4 is 5.32 Å². The maximum atomic E-state index is 14.0. The molecule has 6 nitrogen and oxygen atoms in total. The van der Waals surface area contributed by atoms with E-state index in [4.69, 9.17) is 16.7 Å². The number of nitrogens with one attached hydrogen (secondary N) is 1. The second-order valence-electron chi connectivity index (χ2n) is 9.27. The number of anilines is 1. The average molecular weight is 508 g/mol. The number of aromatic nitrogens is 3. The molecule has 37 heavy (non-hydrogen) atoms. The van der Waals surface area contributed by atoms with Crippen molar-refractivity contribution in [3.63, 3.8) is 0 Å². The second kappa shape index (κ2) is 9.30. The lowest BCUT2D eigenvalue weighted by molar-refractivity contribution is 0.194. The van der Waals surface area contributed by atoms with Gasteiger partial charge in [0.25, 0.3) is 0 Å². The number of rotatable bonds is 3. The van der Waals surface area contributed by atoms with E-state index in [1.54, 1.807) is 6.07 Å². The Morgan fingerprint density at radius 1 is 0.946 bits per heavy atom. The standard InChI is InChI=1S/C30H26ClN5O/c1-20-15-16-23(18-26(20)31)32-30(37)35-19-25-21(2)33-36(24-12-7-4-8-13-24)29(25)34-17-9-14-27(34)28(35)22-10-5-3-6-11-22/h3-18,28H,19H2,1-2H3,(H,32,37). The van der Waals surface area contributed by atoms with E-state index in [0.717, 1.165) is 39.6 Å². The van der Waals surface area contributed by atoms with Crippen LogP contribution in [0.25, 0.3) is 11.5 Å². The summed E-state index contributed by atoms with van der Waals surface area (Å²) in [6, 6.07) is 29.4. The fourth-order valence-electron chi connectivity index (χ4n) is 5.00. The molecule has 3 heterocycles. The zero-order chi connectivity index (χ0) is 25.5. The predicted octanol–water partition coefficient (Wildman–Crippen LogP) is 7.07. The summed E-state index contributed by atoms with van der Waals surface area (Å²) in [4.78, 5) is 15.8. The lowest BCUT2D eigenvalue weighted by Crippen LogP contribution is -2.38. The normalized spacial score (nSPS) is 14.6. The van der Waals surface area contributed by atoms with E-state index in [-0.39, 0.29) is 12.1 Å². The number of hydrogen-bond acceptors (Lipinski definition) is 2. The van der Waals surface area contributed by atoms with Crippen LogP contribution in [-0.2, 0) is 6.54 Å². The van der Waals surface area contributed by atoms with Gasteiger partial charge in [-0.3, -0.25) is 0 Å². The Hall–Kier alpha value is -4.29. The van der Waals surface area contributed by atoms with E-state index >= 15 is 0 Å². The number of fused-ring (bicyclic) bond motifs is 3. The fourth-order valence-corrected chi connectivity index (χ4v) is 5.18. The number of para-hydroxylation sites is 1. The summed E-state index contributed by atoms with van der Waals surface area (Å²) in [6.45, 7) is 4.33. The van der Waals surface area contributed by atoms with Gasteiger partial charge in [-0.25, -0.2) is 9.48 Å². The molecule has 0 saturated carbocycles. The Morgan fingerprint density at radius 2 is 1.68 bits per heavy atom. The number of hydrogen-bond donors (Lipinski definition) is 1. The molecule has 2 amide bonds. The van der Waals surface area contributed by atoms with Crippen LogP contribution in [0, 0.1) is 13.8 Å². The Balaban J connectivity index is 1.52. The third kappa shape index (κ3) is 4.09. The molecule has 184 valence electrons. The molecule has 1 N–H and O–H groups in total. The van der Waals surface area contributed by atoms with Crippen molar-refractivity contribution in [2.45, 2.75) is 26.4 Å². The summed E-state index contributed by atoms with van der Waals surface area (Å²) in [5, 5.41) is 8.60. The van der Waals surface area contributed by atoms with E-state index in [2.05, 4.69) is 28.1 Å². The zero-order valence-electron chi connectivity index (χ0n) is 20.6. The van der Waals surface area contributed by atoms with Crippen LogP contribution in [0.2, 0.25) is 5.02 Å². The van der Waals surface area contributed by atoms with E-state index in [1.165, 1.54) is 0 Å². The molecule has 1 aliphatic rings. The summed E-state index contributed by atoms with van der Waals surface area (Å²) in [6.07, 6.45) is 2.05. The Labute approximate surface area is 220 Å². The predicted molar refractivity (Wildman–Crippen MR) is 147 cm³/mol. The topological polar surface area (TPSA) is 55.1 Å². The van der Waals surface area contributed by atoms with Gasteiger partial charge in [-0.1, -0.05) is 66.2 Å². The van der Waals surface area contributed by atoms with Crippen LogP contribution in [0.3, 0.4) is 0 Å². The number of amides is 2. The molecule has 6 rings (SSSR count). The minimum absolute atomic E-state index is 0.207. The molecule has 5 aromatic rings. The van der Waals surface area contributed by atoms with Crippen molar-refractivity contribution in [2.75, 3.05) is 5.32 Å². The van der Waals surface area contributed by atoms with Crippen LogP contribution in [0.15, 0.2) is 97.2 Å². The molecule has 1 aliphatic heterocycles. The largest absolute Gasteiger partial charge is 0.322 e. The zero-order valence-corrected chi connectivity index (χ0v) is 21.4. The minimum Gasteiger partial charge on any atom is -0.308 e. The van der Waals surface area contributed by atoms with Crippen LogP contribution >= 0.6 is 11.6 Å². The van der Waals surface area contributed by atoms with Crippen LogP contribution in [0.4, 0.5) is 10.5 Å². The third-order valence-corrected chi connectivity index (χ3v) is 7.29. The Bertz CT molecular complexity index is 1590. The number of aryl methyl sites for hydroxylation is 2. The Morgan fingerprint density at radius 3 is 2.41 bits per heavy atom. The molecule has 1 unspecified atom stereocenters. The van der Waals surface area contributed by atoms with Crippen molar-refractivity contribution in [3.8, 4) is 11.5 Å². The van der Waals surface area contributed by atoms with Crippen molar-refractivity contribution in [2.24, 2.45) is 0 Å². The molecular weight excluding hydrogens is 482 g/mol. The first-order valence-corrected chi connectivity index (χ1v) is 12.6. The van der Waals surface area contributed by atoms with Gasteiger partial charge in [0.15, 0.2) is 0 Å². The molecule has 2 aromatic heterocycles. The van der Waals surface area contributed by atoms with Crippen molar-refractivity contribution in [1.82, 2.24) is 19.2 Å². The lowest BCUT2D eigenvalue weighted by Gasteiger charge is -2.31. The monoisotopic (exact) mass is 507 g/mol. The van der Waals surface area contributed by atoms with Gasteiger partial charge in [0.05, 0.1) is 29.7 Å². The molecular formula is C30H26ClN5O. The minimum atomic E-state index is -0.312. The summed E-state index contributed by atoms with van der Waals surface area (Å²) in [5.74, 6) is 0.943. The maximum absolute atomic E-state index is 14.0. The highest BCUT2D eigenvalue weighted by Gasteiger charge is 2.36. The number of urea groups is 1. The van der Waals surface area contributed by atoms with Gasteiger partial charge in [0.2, 0.25) is 0 Å².